The van der Waals surface area contributed by atoms with Crippen LogP contribution in [-0.2, 0) is 11.3 Å². The van der Waals surface area contributed by atoms with Gasteiger partial charge in [0.15, 0.2) is 5.82 Å². The Labute approximate surface area is 177 Å². The highest BCUT2D eigenvalue weighted by Crippen LogP contribution is 2.29. The second-order valence-corrected chi connectivity index (χ2v) is 8.39. The molecule has 30 heavy (non-hydrogen) atoms. The van der Waals surface area contributed by atoms with Gasteiger partial charge in [0.05, 0.1) is 18.8 Å². The van der Waals surface area contributed by atoms with Gasteiger partial charge in [0.1, 0.15) is 16.9 Å². The van der Waals surface area contributed by atoms with Crippen LogP contribution in [-0.4, -0.2) is 64.9 Å². The summed E-state index contributed by atoms with van der Waals surface area (Å²) in [6.07, 6.45) is 5.06. The number of hydrogen-bond acceptors (Lipinski definition) is 8. The number of ether oxygens (including phenoxy) is 1. The Hall–Kier alpha value is -2.52. The summed E-state index contributed by atoms with van der Waals surface area (Å²) in [7, 11) is 1.70. The lowest BCUT2D eigenvalue weighted by molar-refractivity contribution is 0.185. The number of methoxy groups -OCH3 is 1. The molecule has 0 spiro atoms. The molecule has 9 nitrogen and oxygen atoms in total. The number of aryl methyl sites for hydroxylation is 1. The van der Waals surface area contributed by atoms with E-state index < -0.39 is 0 Å². The number of rotatable bonds is 6. The zero-order valence-corrected chi connectivity index (χ0v) is 18.5. The van der Waals surface area contributed by atoms with Crippen molar-refractivity contribution in [3.05, 3.63) is 17.6 Å². The van der Waals surface area contributed by atoms with Gasteiger partial charge in [0.25, 0.3) is 0 Å². The monoisotopic (exact) mass is 412 g/mol. The van der Waals surface area contributed by atoms with Crippen LogP contribution in [0.2, 0.25) is 0 Å². The lowest BCUT2D eigenvalue weighted by Gasteiger charge is -2.37. The molecular formula is C21H32N8O. The maximum Gasteiger partial charge on any atom is 0.228 e. The van der Waals surface area contributed by atoms with Crippen LogP contribution in [0.15, 0.2) is 16.9 Å². The highest BCUT2D eigenvalue weighted by Gasteiger charge is 2.27. The van der Waals surface area contributed by atoms with Crippen LogP contribution in [0.25, 0.3) is 11.0 Å². The highest BCUT2D eigenvalue weighted by molar-refractivity contribution is 5.89. The van der Waals surface area contributed by atoms with Gasteiger partial charge < -0.3 is 20.3 Å². The highest BCUT2D eigenvalue weighted by atomic mass is 16.5. The average molecular weight is 413 g/mol. The molecule has 0 radical (unpaired) electrons. The minimum atomic E-state index is 0.308. The van der Waals surface area contributed by atoms with Crippen molar-refractivity contribution in [1.82, 2.24) is 25.1 Å². The van der Waals surface area contributed by atoms with Gasteiger partial charge >= 0.3 is 0 Å². The molecular weight excluding hydrogens is 380 g/mol. The summed E-state index contributed by atoms with van der Waals surface area (Å²) < 4.78 is 7.21. The van der Waals surface area contributed by atoms with Crippen LogP contribution in [0.5, 0.6) is 0 Å². The summed E-state index contributed by atoms with van der Waals surface area (Å²) >= 11 is 0. The second-order valence-electron chi connectivity index (χ2n) is 8.39. The standard InChI is InChI=1S/C21H32N8O/c1-13-6-7-17(23-10-13)24-20-19-18(16(4)27-29(19)8-9-30-5)25-21(26-20)28-12-14(2)22-11-15(28)3/h7,10,13-15,22H,6,8-9,11-12H2,1-5H3,(H,24,25,26)/t13?,14-,15+/m1/s1. The van der Waals surface area contributed by atoms with Crippen molar-refractivity contribution in [3.8, 4) is 0 Å². The van der Waals surface area contributed by atoms with Crippen molar-refractivity contribution in [2.75, 3.05) is 37.0 Å². The fourth-order valence-corrected chi connectivity index (χ4v) is 3.90. The fourth-order valence-electron chi connectivity index (χ4n) is 3.90. The van der Waals surface area contributed by atoms with E-state index in [2.05, 4.69) is 47.4 Å². The predicted octanol–water partition coefficient (Wildman–Crippen LogP) is 2.33. The smallest absolute Gasteiger partial charge is 0.228 e. The number of fused-ring (bicyclic) bond motifs is 1. The third-order valence-corrected chi connectivity index (χ3v) is 5.67. The van der Waals surface area contributed by atoms with Gasteiger partial charge in [-0.2, -0.15) is 10.1 Å². The van der Waals surface area contributed by atoms with E-state index in [0.29, 0.717) is 31.2 Å². The Morgan fingerprint density at radius 2 is 2.10 bits per heavy atom. The Morgan fingerprint density at radius 3 is 2.83 bits per heavy atom. The Kier molecular flexibility index (Phi) is 6.01. The van der Waals surface area contributed by atoms with Crippen molar-refractivity contribution >= 4 is 29.0 Å². The number of aromatic nitrogens is 4. The summed E-state index contributed by atoms with van der Waals surface area (Å²) in [4.78, 5) is 16.8. The first-order valence-corrected chi connectivity index (χ1v) is 10.7. The molecule has 2 aliphatic heterocycles. The minimum Gasteiger partial charge on any atom is -0.383 e. The van der Waals surface area contributed by atoms with Crippen molar-refractivity contribution in [3.63, 3.8) is 0 Å². The second kappa shape index (κ2) is 8.69. The van der Waals surface area contributed by atoms with E-state index in [0.717, 1.165) is 53.8 Å². The first kappa shape index (κ1) is 20.7. The van der Waals surface area contributed by atoms with Crippen LogP contribution in [0, 0.1) is 12.8 Å². The molecule has 4 heterocycles. The molecule has 1 fully saturated rings. The molecule has 9 heteroatoms. The van der Waals surface area contributed by atoms with Crippen molar-refractivity contribution < 1.29 is 4.74 Å². The van der Waals surface area contributed by atoms with Gasteiger partial charge in [-0.15, -0.1) is 0 Å². The first-order valence-electron chi connectivity index (χ1n) is 10.7. The number of nitrogens with one attached hydrogen (secondary N) is 2. The lowest BCUT2D eigenvalue weighted by Crippen LogP contribution is -2.55. The number of nitrogens with zero attached hydrogens (tertiary/aromatic N) is 6. The van der Waals surface area contributed by atoms with Crippen LogP contribution >= 0.6 is 0 Å². The summed E-state index contributed by atoms with van der Waals surface area (Å²) in [5.41, 5.74) is 2.64. The summed E-state index contributed by atoms with van der Waals surface area (Å²) in [5.74, 6) is 2.74. The zero-order valence-electron chi connectivity index (χ0n) is 18.5. The number of anilines is 2. The lowest BCUT2D eigenvalue weighted by atomic mass is 10.1. The van der Waals surface area contributed by atoms with Crippen LogP contribution in [0.4, 0.5) is 11.8 Å². The number of aliphatic imine (C=N–C) groups is 1. The third-order valence-electron chi connectivity index (χ3n) is 5.67. The van der Waals surface area contributed by atoms with Gasteiger partial charge in [-0.05, 0) is 39.2 Å². The molecule has 0 amide bonds. The largest absolute Gasteiger partial charge is 0.383 e. The molecule has 162 valence electrons. The molecule has 2 aliphatic rings. The summed E-state index contributed by atoms with van der Waals surface area (Å²) in [6.45, 7) is 11.5. The number of hydrogen-bond donors (Lipinski definition) is 2. The van der Waals surface area contributed by atoms with E-state index in [4.69, 9.17) is 19.8 Å². The Morgan fingerprint density at radius 1 is 1.27 bits per heavy atom. The van der Waals surface area contributed by atoms with Gasteiger partial charge in [-0.3, -0.25) is 4.68 Å². The van der Waals surface area contributed by atoms with Gasteiger partial charge in [0.2, 0.25) is 5.95 Å². The van der Waals surface area contributed by atoms with E-state index in [1.165, 1.54) is 0 Å². The summed E-state index contributed by atoms with van der Waals surface area (Å²) in [5, 5.41) is 11.7. The first-order chi connectivity index (χ1) is 14.5. The van der Waals surface area contributed by atoms with E-state index in [-0.39, 0.29) is 0 Å². The summed E-state index contributed by atoms with van der Waals surface area (Å²) in [6, 6.07) is 0.692. The van der Waals surface area contributed by atoms with Gasteiger partial charge in [-0.1, -0.05) is 6.92 Å². The average Bonchev–Trinajstić information content (AvgIpc) is 3.05. The SMILES string of the molecule is COCCn1nc(C)c2nc(N3C[C@@H](C)NC[C@@H]3C)nc(NC3=CCC(C)C=N3)c21. The van der Waals surface area contributed by atoms with Crippen molar-refractivity contribution in [2.24, 2.45) is 10.9 Å². The number of allylic oxidation sites excluding steroid dienone is 1. The molecule has 1 saturated heterocycles. The van der Waals surface area contributed by atoms with Crippen LogP contribution in [0.3, 0.4) is 0 Å². The molecule has 0 aliphatic carbocycles. The molecule has 4 rings (SSSR count). The van der Waals surface area contributed by atoms with Crippen molar-refractivity contribution in [2.45, 2.75) is 52.7 Å². The van der Waals surface area contributed by atoms with Gasteiger partial charge in [-0.25, -0.2) is 9.98 Å². The fraction of sp³-hybridized carbons (Fsp3) is 0.619. The van der Waals surface area contributed by atoms with E-state index in [1.807, 2.05) is 17.8 Å². The molecule has 2 N–H and O–H groups in total. The molecule has 2 aromatic rings. The third kappa shape index (κ3) is 4.17. The van der Waals surface area contributed by atoms with E-state index in [1.54, 1.807) is 7.11 Å². The number of piperazine rings is 1. The molecule has 2 aromatic heterocycles. The van der Waals surface area contributed by atoms with E-state index in [9.17, 15) is 0 Å². The predicted molar refractivity (Wildman–Crippen MR) is 120 cm³/mol. The molecule has 0 aromatic carbocycles. The normalized spacial score (nSPS) is 24.4. The van der Waals surface area contributed by atoms with Gasteiger partial charge in [0, 0.05) is 38.5 Å². The molecule has 0 saturated carbocycles. The molecule has 1 unspecified atom stereocenters. The molecule has 3 atom stereocenters. The Bertz CT molecular complexity index is 966. The Balaban J connectivity index is 1.79. The topological polar surface area (TPSA) is 92.5 Å². The van der Waals surface area contributed by atoms with Crippen molar-refractivity contribution in [1.29, 1.82) is 0 Å². The zero-order chi connectivity index (χ0) is 21.3. The van der Waals surface area contributed by atoms with Crippen LogP contribution in [0.1, 0.15) is 32.9 Å². The maximum atomic E-state index is 5.28. The maximum absolute atomic E-state index is 5.28. The molecule has 0 bridgehead atoms. The quantitative estimate of drug-likeness (QED) is 0.752. The van der Waals surface area contributed by atoms with E-state index >= 15 is 0 Å². The minimum absolute atomic E-state index is 0.308. The van der Waals surface area contributed by atoms with Crippen LogP contribution < -0.4 is 15.5 Å².